The van der Waals surface area contributed by atoms with Crippen molar-refractivity contribution in [1.29, 1.82) is 0 Å². The van der Waals surface area contributed by atoms with Crippen LogP contribution in [0.25, 0.3) is 0 Å². The van der Waals surface area contributed by atoms with Crippen molar-refractivity contribution in [2.24, 2.45) is 5.92 Å². The number of aromatic nitrogens is 3. The van der Waals surface area contributed by atoms with Gasteiger partial charge in [-0.1, -0.05) is 44.2 Å². The molecule has 1 aliphatic heterocycles. The van der Waals surface area contributed by atoms with E-state index in [4.69, 9.17) is 0 Å². The molecule has 2 heterocycles. The molecule has 0 radical (unpaired) electrons. The highest BCUT2D eigenvalue weighted by atomic mass is 16.2. The maximum atomic E-state index is 13.8. The molecule has 3 N–H and O–H groups in total. The molecule has 246 valence electrons. The van der Waals surface area contributed by atoms with Crippen LogP contribution < -0.4 is 20.9 Å². The highest BCUT2D eigenvalue weighted by Gasteiger charge is 2.30. The van der Waals surface area contributed by atoms with E-state index in [0.29, 0.717) is 56.1 Å². The fourth-order valence-corrected chi connectivity index (χ4v) is 5.45. The van der Waals surface area contributed by atoms with Gasteiger partial charge in [0.1, 0.15) is 18.4 Å². The molecule has 0 bridgehead atoms. The molecule has 4 amide bonds. The molecule has 0 unspecified atom stereocenters. The number of hydrogen-bond acceptors (Lipinski definition) is 7. The van der Waals surface area contributed by atoms with Gasteiger partial charge in [-0.05, 0) is 55.5 Å². The van der Waals surface area contributed by atoms with Crippen LogP contribution in [0, 0.1) is 12.8 Å². The fourth-order valence-electron chi connectivity index (χ4n) is 5.45. The largest absolute Gasteiger partial charge is 0.378 e. The SMILES string of the molecule is Cc1nc2n(n1)CC(=O)NCCCN(C(=O)c1ccc(N(C)C)cc1)CCCC(=O)N[C@H](Cc1ccccc1)C(=O)N[C@H]2C(C)C. The van der Waals surface area contributed by atoms with Gasteiger partial charge in [-0.25, -0.2) is 9.67 Å². The third-order valence-corrected chi connectivity index (χ3v) is 7.95. The highest BCUT2D eigenvalue weighted by molar-refractivity contribution is 5.94. The first-order chi connectivity index (χ1) is 22.0. The lowest BCUT2D eigenvalue weighted by atomic mass is 10.0. The van der Waals surface area contributed by atoms with Gasteiger partial charge < -0.3 is 25.8 Å². The van der Waals surface area contributed by atoms with E-state index in [9.17, 15) is 19.2 Å². The van der Waals surface area contributed by atoms with Crippen LogP contribution in [-0.4, -0.2) is 83.1 Å². The normalized spacial score (nSPS) is 18.9. The number of aryl methyl sites for hydroxylation is 1. The molecule has 12 heteroatoms. The lowest BCUT2D eigenvalue weighted by molar-refractivity contribution is -0.129. The Morgan fingerprint density at radius 3 is 2.33 bits per heavy atom. The molecule has 0 aliphatic carbocycles. The molecule has 0 saturated carbocycles. The maximum Gasteiger partial charge on any atom is 0.253 e. The van der Waals surface area contributed by atoms with Gasteiger partial charge in [0, 0.05) is 57.8 Å². The van der Waals surface area contributed by atoms with E-state index in [1.165, 1.54) is 4.68 Å². The molecule has 1 aromatic heterocycles. The van der Waals surface area contributed by atoms with Crippen LogP contribution in [0.1, 0.15) is 66.7 Å². The number of carbonyl (C=O) groups is 4. The summed E-state index contributed by atoms with van der Waals surface area (Å²) in [6.07, 6.45) is 1.38. The smallest absolute Gasteiger partial charge is 0.253 e. The summed E-state index contributed by atoms with van der Waals surface area (Å²) in [5, 5.41) is 13.4. The molecule has 1 aliphatic rings. The zero-order valence-corrected chi connectivity index (χ0v) is 27.5. The van der Waals surface area contributed by atoms with E-state index < -0.39 is 12.1 Å². The van der Waals surface area contributed by atoms with Gasteiger partial charge in [0.15, 0.2) is 5.82 Å². The number of rotatable bonds is 5. The van der Waals surface area contributed by atoms with Gasteiger partial charge in [0.05, 0.1) is 6.04 Å². The monoisotopic (exact) mass is 630 g/mol. The Bertz CT molecular complexity index is 1490. The Kier molecular flexibility index (Phi) is 11.9. The van der Waals surface area contributed by atoms with Crippen LogP contribution in [0.5, 0.6) is 0 Å². The van der Waals surface area contributed by atoms with Crippen LogP contribution in [0.2, 0.25) is 0 Å². The van der Waals surface area contributed by atoms with E-state index >= 15 is 0 Å². The van der Waals surface area contributed by atoms with E-state index in [2.05, 4.69) is 26.0 Å². The minimum Gasteiger partial charge on any atom is -0.378 e. The summed E-state index contributed by atoms with van der Waals surface area (Å²) in [6, 6.07) is 15.5. The van der Waals surface area contributed by atoms with Crippen molar-refractivity contribution in [3.8, 4) is 0 Å². The Morgan fingerprint density at radius 1 is 0.957 bits per heavy atom. The minimum absolute atomic E-state index is 0.0691. The van der Waals surface area contributed by atoms with Gasteiger partial charge in [-0.15, -0.1) is 0 Å². The summed E-state index contributed by atoms with van der Waals surface area (Å²) in [4.78, 5) is 61.8. The topological polar surface area (TPSA) is 142 Å². The molecule has 0 spiro atoms. The molecular formula is C34H46N8O4. The second-order valence-electron chi connectivity index (χ2n) is 12.3. The number of anilines is 1. The van der Waals surface area contributed by atoms with Crippen molar-refractivity contribution in [2.75, 3.05) is 38.6 Å². The minimum atomic E-state index is -0.844. The van der Waals surface area contributed by atoms with Gasteiger partial charge in [0.25, 0.3) is 5.91 Å². The zero-order valence-electron chi connectivity index (χ0n) is 27.5. The lowest BCUT2D eigenvalue weighted by Crippen LogP contribution is -2.50. The molecular weight excluding hydrogens is 584 g/mol. The number of fused-ring (bicyclic) bond motifs is 1. The Morgan fingerprint density at radius 2 is 1.65 bits per heavy atom. The van der Waals surface area contributed by atoms with E-state index in [0.717, 1.165) is 11.3 Å². The number of hydrogen-bond donors (Lipinski definition) is 3. The van der Waals surface area contributed by atoms with Gasteiger partial charge in [-0.3, -0.25) is 19.2 Å². The van der Waals surface area contributed by atoms with Crippen molar-refractivity contribution in [1.82, 2.24) is 35.6 Å². The van der Waals surface area contributed by atoms with E-state index in [-0.39, 0.29) is 42.5 Å². The summed E-state index contributed by atoms with van der Waals surface area (Å²) in [5.74, 6) is -0.133. The average Bonchev–Trinajstić information content (AvgIpc) is 3.38. The Balaban J connectivity index is 1.59. The first kappa shape index (κ1) is 34.1. The number of nitrogens with zero attached hydrogens (tertiary/aromatic N) is 5. The van der Waals surface area contributed by atoms with Crippen LogP contribution in [0.3, 0.4) is 0 Å². The fraction of sp³-hybridized carbons (Fsp3) is 0.471. The second kappa shape index (κ2) is 16.0. The first-order valence-electron chi connectivity index (χ1n) is 15.9. The maximum absolute atomic E-state index is 13.8. The third kappa shape index (κ3) is 9.38. The summed E-state index contributed by atoms with van der Waals surface area (Å²) < 4.78 is 1.52. The number of amides is 4. The molecule has 2 atom stereocenters. The van der Waals surface area contributed by atoms with Gasteiger partial charge in [-0.2, -0.15) is 5.10 Å². The van der Waals surface area contributed by atoms with Crippen molar-refractivity contribution < 1.29 is 19.2 Å². The molecule has 0 saturated heterocycles. The predicted octanol–water partition coefficient (Wildman–Crippen LogP) is 2.64. The van der Waals surface area contributed by atoms with Crippen molar-refractivity contribution in [3.63, 3.8) is 0 Å². The predicted molar refractivity (Wildman–Crippen MR) is 176 cm³/mol. The van der Waals surface area contributed by atoms with Crippen molar-refractivity contribution in [2.45, 2.75) is 65.1 Å². The van der Waals surface area contributed by atoms with Crippen molar-refractivity contribution >= 4 is 29.3 Å². The average molecular weight is 631 g/mol. The molecule has 2 aromatic carbocycles. The van der Waals surface area contributed by atoms with Crippen LogP contribution in [-0.2, 0) is 27.3 Å². The molecule has 12 nitrogen and oxygen atoms in total. The number of nitrogens with one attached hydrogen (secondary N) is 3. The van der Waals surface area contributed by atoms with Crippen LogP contribution in [0.4, 0.5) is 5.69 Å². The first-order valence-corrected chi connectivity index (χ1v) is 15.9. The molecule has 0 fully saturated rings. The lowest BCUT2D eigenvalue weighted by Gasteiger charge is -2.26. The van der Waals surface area contributed by atoms with Gasteiger partial charge in [0.2, 0.25) is 17.7 Å². The standard InChI is InChI=1S/C34H46N8O4/c1-23(2)31-32-36-24(3)39-42(32)22-30(44)35-18-10-20-41(34(46)26-14-16-27(17-15-26)40(4)5)19-9-13-29(43)37-28(33(45)38-31)21-25-11-7-6-8-12-25/h6-8,11-12,14-17,23,28,31H,9-10,13,18-22H2,1-5H3,(H,35,44)(H,37,43)(H,38,45)/t28-,31+/m1/s1. The summed E-state index contributed by atoms with van der Waals surface area (Å²) >= 11 is 0. The summed E-state index contributed by atoms with van der Waals surface area (Å²) in [5.41, 5.74) is 2.43. The quantitative estimate of drug-likeness (QED) is 0.394. The van der Waals surface area contributed by atoms with E-state index in [1.54, 1.807) is 24.0 Å². The van der Waals surface area contributed by atoms with Gasteiger partial charge >= 0.3 is 0 Å². The zero-order chi connectivity index (χ0) is 33.2. The summed E-state index contributed by atoms with van der Waals surface area (Å²) in [7, 11) is 3.87. The van der Waals surface area contributed by atoms with Crippen LogP contribution in [0.15, 0.2) is 54.6 Å². The van der Waals surface area contributed by atoms with E-state index in [1.807, 2.05) is 75.3 Å². The molecule has 46 heavy (non-hydrogen) atoms. The number of carbonyl (C=O) groups excluding carboxylic acids is 4. The van der Waals surface area contributed by atoms with Crippen molar-refractivity contribution in [3.05, 3.63) is 77.4 Å². The summed E-state index contributed by atoms with van der Waals surface area (Å²) in [6.45, 7) is 6.70. The molecule has 4 rings (SSSR count). The highest BCUT2D eigenvalue weighted by Crippen LogP contribution is 2.21. The molecule has 3 aromatic rings. The Hall–Kier alpha value is -4.74. The van der Waals surface area contributed by atoms with Crippen LogP contribution >= 0.6 is 0 Å². The third-order valence-electron chi connectivity index (χ3n) is 7.95. The number of benzene rings is 2. The second-order valence-corrected chi connectivity index (χ2v) is 12.3. The Labute approximate surface area is 270 Å².